The Balaban J connectivity index is 2.37. The number of rotatable bonds is 4. The van der Waals surface area contributed by atoms with E-state index >= 15 is 0 Å². The first-order valence-corrected chi connectivity index (χ1v) is 8.84. The molecule has 4 nitrogen and oxygen atoms in total. The molecule has 0 saturated carbocycles. The first-order chi connectivity index (χ1) is 8.94. The molecule has 1 heterocycles. The molecule has 2 rings (SSSR count). The summed E-state index contributed by atoms with van der Waals surface area (Å²) in [5.41, 5.74) is 1.15. The Bertz CT molecular complexity index is 678. The highest BCUT2D eigenvalue weighted by Crippen LogP contribution is 2.28. The first kappa shape index (κ1) is 14.8. The van der Waals surface area contributed by atoms with Crippen molar-refractivity contribution in [3.63, 3.8) is 0 Å². The van der Waals surface area contributed by atoms with Gasteiger partial charge in [0.05, 0.1) is 11.5 Å². The fourth-order valence-electron chi connectivity index (χ4n) is 1.68. The molecule has 102 valence electrons. The Morgan fingerprint density at radius 1 is 1.32 bits per heavy atom. The van der Waals surface area contributed by atoms with Crippen molar-refractivity contribution in [3.05, 3.63) is 43.7 Å². The normalized spacial score (nSPS) is 11.5. The molecular formula is C12H12INO3S2. The molecule has 7 heteroatoms. The van der Waals surface area contributed by atoms with Crippen molar-refractivity contribution >= 4 is 49.6 Å². The maximum Gasteiger partial charge on any atom is 0.263 e. The highest BCUT2D eigenvalue weighted by atomic mass is 127. The van der Waals surface area contributed by atoms with E-state index in [9.17, 15) is 13.5 Å². The molecule has 2 aromatic rings. The molecule has 2 N–H and O–H groups in total. The molecule has 0 radical (unpaired) electrons. The largest absolute Gasteiger partial charge is 0.391 e. The smallest absolute Gasteiger partial charge is 0.263 e. The standard InChI is InChI=1S/C12H12INO3S2/c1-8-7-18-11(6-15)12(8)19(16,17)14-10-4-2-9(13)3-5-10/h2-5,7,14-15H,6H2,1H3. The number of benzene rings is 1. The maximum atomic E-state index is 12.3. The monoisotopic (exact) mass is 409 g/mol. The third-order valence-corrected chi connectivity index (χ3v) is 6.05. The van der Waals surface area contributed by atoms with Crippen molar-refractivity contribution in [2.45, 2.75) is 18.4 Å². The van der Waals surface area contributed by atoms with Crippen LogP contribution in [-0.2, 0) is 16.6 Å². The zero-order valence-electron chi connectivity index (χ0n) is 10.1. The topological polar surface area (TPSA) is 66.4 Å². The quantitative estimate of drug-likeness (QED) is 0.764. The number of hydrogen-bond donors (Lipinski definition) is 2. The summed E-state index contributed by atoms with van der Waals surface area (Å²) in [5.74, 6) is 0. The van der Waals surface area contributed by atoms with Gasteiger partial charge in [-0.3, -0.25) is 4.72 Å². The minimum absolute atomic E-state index is 0.179. The van der Waals surface area contributed by atoms with Crippen LogP contribution in [0, 0.1) is 10.5 Å². The molecule has 0 amide bonds. The van der Waals surface area contributed by atoms with Crippen LogP contribution in [0.25, 0.3) is 0 Å². The van der Waals surface area contributed by atoms with E-state index in [-0.39, 0.29) is 11.5 Å². The van der Waals surface area contributed by atoms with Gasteiger partial charge in [0, 0.05) is 9.26 Å². The Morgan fingerprint density at radius 3 is 2.53 bits per heavy atom. The van der Waals surface area contributed by atoms with Gasteiger partial charge >= 0.3 is 0 Å². The summed E-state index contributed by atoms with van der Waals surface area (Å²) < 4.78 is 28.2. The average molecular weight is 409 g/mol. The molecular weight excluding hydrogens is 397 g/mol. The highest BCUT2D eigenvalue weighted by Gasteiger charge is 2.22. The minimum Gasteiger partial charge on any atom is -0.391 e. The van der Waals surface area contributed by atoms with Crippen LogP contribution in [0.2, 0.25) is 0 Å². The van der Waals surface area contributed by atoms with Crippen molar-refractivity contribution in [1.82, 2.24) is 0 Å². The average Bonchev–Trinajstić information content (AvgIpc) is 2.74. The Morgan fingerprint density at radius 2 is 1.95 bits per heavy atom. The number of nitrogens with one attached hydrogen (secondary N) is 1. The van der Waals surface area contributed by atoms with E-state index in [0.29, 0.717) is 16.1 Å². The van der Waals surface area contributed by atoms with E-state index < -0.39 is 10.0 Å². The number of aliphatic hydroxyl groups is 1. The zero-order valence-corrected chi connectivity index (χ0v) is 13.8. The molecule has 0 bridgehead atoms. The SMILES string of the molecule is Cc1csc(CO)c1S(=O)(=O)Nc1ccc(I)cc1. The second kappa shape index (κ2) is 5.78. The lowest BCUT2D eigenvalue weighted by Gasteiger charge is -2.09. The van der Waals surface area contributed by atoms with Crippen molar-refractivity contribution in [2.24, 2.45) is 0 Å². The van der Waals surface area contributed by atoms with Gasteiger partial charge in [0.2, 0.25) is 0 Å². The van der Waals surface area contributed by atoms with Crippen LogP contribution in [0.3, 0.4) is 0 Å². The summed E-state index contributed by atoms with van der Waals surface area (Å²) in [4.78, 5) is 0.633. The third kappa shape index (κ3) is 3.28. The van der Waals surface area contributed by atoms with E-state index in [1.54, 1.807) is 24.4 Å². The Kier molecular flexibility index (Phi) is 4.49. The molecule has 0 spiro atoms. The number of aryl methyl sites for hydroxylation is 1. The van der Waals surface area contributed by atoms with E-state index in [1.807, 2.05) is 12.1 Å². The summed E-state index contributed by atoms with van der Waals surface area (Å²) >= 11 is 3.40. The van der Waals surface area contributed by atoms with Gasteiger partial charge in [-0.15, -0.1) is 11.3 Å². The Labute approximate surface area is 129 Å². The second-order valence-corrected chi connectivity index (χ2v) is 7.77. The highest BCUT2D eigenvalue weighted by molar-refractivity contribution is 14.1. The van der Waals surface area contributed by atoms with Gasteiger partial charge in [0.25, 0.3) is 10.0 Å². The van der Waals surface area contributed by atoms with Crippen LogP contribution in [0.1, 0.15) is 10.4 Å². The van der Waals surface area contributed by atoms with Crippen LogP contribution in [-0.4, -0.2) is 13.5 Å². The maximum absolute atomic E-state index is 12.3. The predicted octanol–water partition coefficient (Wildman–Crippen LogP) is 2.95. The lowest BCUT2D eigenvalue weighted by Crippen LogP contribution is -2.14. The molecule has 0 atom stereocenters. The predicted molar refractivity (Wildman–Crippen MR) is 84.9 cm³/mol. The number of aliphatic hydroxyl groups excluding tert-OH is 1. The van der Waals surface area contributed by atoms with Crippen molar-refractivity contribution in [3.8, 4) is 0 Å². The van der Waals surface area contributed by atoms with Crippen LogP contribution in [0.5, 0.6) is 0 Å². The Hall–Kier alpha value is -0.640. The summed E-state index contributed by atoms with van der Waals surface area (Å²) in [5, 5.41) is 10.9. The van der Waals surface area contributed by atoms with Gasteiger partial charge in [-0.2, -0.15) is 0 Å². The molecule has 0 fully saturated rings. The van der Waals surface area contributed by atoms with Gasteiger partial charge in [-0.25, -0.2) is 8.42 Å². The van der Waals surface area contributed by atoms with E-state index in [2.05, 4.69) is 27.3 Å². The lowest BCUT2D eigenvalue weighted by atomic mass is 10.3. The fraction of sp³-hybridized carbons (Fsp3) is 0.167. The van der Waals surface area contributed by atoms with E-state index in [4.69, 9.17) is 0 Å². The molecule has 19 heavy (non-hydrogen) atoms. The van der Waals surface area contributed by atoms with Crippen molar-refractivity contribution in [1.29, 1.82) is 0 Å². The van der Waals surface area contributed by atoms with Crippen LogP contribution in [0.4, 0.5) is 5.69 Å². The number of halogens is 1. The fourth-order valence-corrected chi connectivity index (χ4v) is 4.76. The van der Waals surface area contributed by atoms with E-state index in [1.165, 1.54) is 11.3 Å². The van der Waals surface area contributed by atoms with Gasteiger partial charge < -0.3 is 5.11 Å². The molecule has 0 aliphatic carbocycles. The summed E-state index contributed by atoms with van der Waals surface area (Å²) in [6, 6.07) is 7.07. The van der Waals surface area contributed by atoms with Gasteiger partial charge in [-0.1, -0.05) is 0 Å². The number of sulfonamides is 1. The second-order valence-electron chi connectivity index (χ2n) is 3.94. The van der Waals surface area contributed by atoms with Crippen LogP contribution < -0.4 is 4.72 Å². The first-order valence-electron chi connectivity index (χ1n) is 5.40. The number of anilines is 1. The molecule has 0 saturated heterocycles. The van der Waals surface area contributed by atoms with E-state index in [0.717, 1.165) is 3.57 Å². The summed E-state index contributed by atoms with van der Waals surface area (Å²) in [7, 11) is -3.66. The molecule has 0 aliphatic rings. The van der Waals surface area contributed by atoms with Crippen molar-refractivity contribution in [2.75, 3.05) is 4.72 Å². The lowest BCUT2D eigenvalue weighted by molar-refractivity contribution is 0.282. The molecule has 1 aromatic carbocycles. The van der Waals surface area contributed by atoms with Crippen molar-refractivity contribution < 1.29 is 13.5 Å². The van der Waals surface area contributed by atoms with Gasteiger partial charge in [-0.05, 0) is 64.7 Å². The van der Waals surface area contributed by atoms with Crippen LogP contribution in [0.15, 0.2) is 34.5 Å². The summed E-state index contributed by atoms with van der Waals surface area (Å²) in [6.45, 7) is 1.44. The zero-order chi connectivity index (χ0) is 14.0. The minimum atomic E-state index is -3.66. The summed E-state index contributed by atoms with van der Waals surface area (Å²) in [6.07, 6.45) is 0. The van der Waals surface area contributed by atoms with Gasteiger partial charge in [0.1, 0.15) is 4.90 Å². The van der Waals surface area contributed by atoms with Gasteiger partial charge in [0.15, 0.2) is 0 Å². The third-order valence-electron chi connectivity index (χ3n) is 2.50. The molecule has 0 aliphatic heterocycles. The number of hydrogen-bond acceptors (Lipinski definition) is 4. The molecule has 0 unspecified atom stereocenters. The van der Waals surface area contributed by atoms with Crippen LogP contribution >= 0.6 is 33.9 Å². The number of thiophene rings is 1. The molecule has 1 aromatic heterocycles.